The molecule has 0 saturated carbocycles. The van der Waals surface area contributed by atoms with Crippen LogP contribution >= 0.6 is 0 Å². The third-order valence-corrected chi connectivity index (χ3v) is 5.28. The molecular weight excluding hydrogens is 370 g/mol. The number of amides is 1. The second kappa shape index (κ2) is 7.25. The molecule has 2 atom stereocenters. The monoisotopic (exact) mass is 391 g/mol. The standard InChI is InChI=1S/C22H21N3O4/c1-14(15-5-3-2-4-6-15)23-22(26)18-10-17-12-27-21(11-25(17)24-18)16-7-8-19-20(9-16)29-13-28-19/h2-10,14,21H,11-13H2,1H3,(H,23,26). The van der Waals surface area contributed by atoms with Crippen LogP contribution < -0.4 is 14.8 Å². The quantitative estimate of drug-likeness (QED) is 0.738. The Kier molecular flexibility index (Phi) is 4.44. The second-order valence-electron chi connectivity index (χ2n) is 7.22. The lowest BCUT2D eigenvalue weighted by molar-refractivity contribution is -0.00128. The molecule has 0 fully saturated rings. The number of hydrogen-bond donors (Lipinski definition) is 1. The van der Waals surface area contributed by atoms with Crippen molar-refractivity contribution in [1.82, 2.24) is 15.1 Å². The van der Waals surface area contributed by atoms with Crippen LogP contribution in [0.15, 0.2) is 54.6 Å². The second-order valence-corrected chi connectivity index (χ2v) is 7.22. The third-order valence-electron chi connectivity index (χ3n) is 5.28. The van der Waals surface area contributed by atoms with Gasteiger partial charge in [-0.05, 0) is 36.2 Å². The van der Waals surface area contributed by atoms with Gasteiger partial charge in [-0.25, -0.2) is 0 Å². The van der Waals surface area contributed by atoms with E-state index in [1.165, 1.54) is 0 Å². The number of ether oxygens (including phenoxy) is 3. The number of rotatable bonds is 4. The van der Waals surface area contributed by atoms with Crippen molar-refractivity contribution in [3.05, 3.63) is 77.1 Å². The largest absolute Gasteiger partial charge is 0.454 e. The van der Waals surface area contributed by atoms with Gasteiger partial charge < -0.3 is 19.5 Å². The van der Waals surface area contributed by atoms with Crippen LogP contribution in [0.1, 0.15) is 46.4 Å². The van der Waals surface area contributed by atoms with Crippen molar-refractivity contribution in [2.75, 3.05) is 6.79 Å². The molecule has 3 aromatic rings. The van der Waals surface area contributed by atoms with Crippen molar-refractivity contribution in [1.29, 1.82) is 0 Å². The Hall–Kier alpha value is -3.32. The topological polar surface area (TPSA) is 74.6 Å². The molecular formula is C22H21N3O4. The lowest BCUT2D eigenvalue weighted by Crippen LogP contribution is -2.27. The van der Waals surface area contributed by atoms with Gasteiger partial charge in [0, 0.05) is 0 Å². The summed E-state index contributed by atoms with van der Waals surface area (Å²) in [5.74, 6) is 1.28. The average Bonchev–Trinajstić information content (AvgIpc) is 3.40. The Morgan fingerprint density at radius 2 is 1.97 bits per heavy atom. The molecule has 5 rings (SSSR count). The molecule has 7 nitrogen and oxygen atoms in total. The summed E-state index contributed by atoms with van der Waals surface area (Å²) in [7, 11) is 0. The van der Waals surface area contributed by atoms with Gasteiger partial charge in [-0.1, -0.05) is 36.4 Å². The van der Waals surface area contributed by atoms with E-state index in [4.69, 9.17) is 14.2 Å². The molecule has 2 aliphatic heterocycles. The maximum absolute atomic E-state index is 12.7. The summed E-state index contributed by atoms with van der Waals surface area (Å²) < 4.78 is 18.7. The SMILES string of the molecule is CC(NC(=O)c1cc2n(n1)CC(c1ccc3c(c1)OCO3)OC2)c1ccccc1. The van der Waals surface area contributed by atoms with Crippen molar-refractivity contribution in [3.8, 4) is 11.5 Å². The fourth-order valence-electron chi connectivity index (χ4n) is 3.65. The number of nitrogens with zero attached hydrogens (tertiary/aromatic N) is 2. The molecule has 0 saturated heterocycles. The molecule has 1 N–H and O–H groups in total. The van der Waals surface area contributed by atoms with Crippen LogP contribution in [0.25, 0.3) is 0 Å². The van der Waals surface area contributed by atoms with Crippen molar-refractivity contribution in [2.45, 2.75) is 32.2 Å². The highest BCUT2D eigenvalue weighted by atomic mass is 16.7. The van der Waals surface area contributed by atoms with E-state index in [9.17, 15) is 4.79 Å². The normalized spacial score (nSPS) is 18.2. The maximum Gasteiger partial charge on any atom is 0.272 e. The van der Waals surface area contributed by atoms with Gasteiger partial charge in [0.1, 0.15) is 6.10 Å². The number of aromatic nitrogens is 2. The molecule has 2 aromatic carbocycles. The van der Waals surface area contributed by atoms with Crippen molar-refractivity contribution in [2.24, 2.45) is 0 Å². The fraction of sp³-hybridized carbons (Fsp3) is 0.273. The van der Waals surface area contributed by atoms with Crippen molar-refractivity contribution < 1.29 is 19.0 Å². The van der Waals surface area contributed by atoms with E-state index < -0.39 is 0 Å². The number of fused-ring (bicyclic) bond motifs is 2. The summed E-state index contributed by atoms with van der Waals surface area (Å²) in [6.07, 6.45) is -0.156. The predicted octanol–water partition coefficient (Wildman–Crippen LogP) is 3.37. The molecule has 2 unspecified atom stereocenters. The minimum Gasteiger partial charge on any atom is -0.454 e. The van der Waals surface area contributed by atoms with Crippen LogP contribution in [0.4, 0.5) is 0 Å². The summed E-state index contributed by atoms with van der Waals surface area (Å²) in [5.41, 5.74) is 3.34. The molecule has 1 aromatic heterocycles. The van der Waals surface area contributed by atoms with Gasteiger partial charge >= 0.3 is 0 Å². The number of nitrogens with one attached hydrogen (secondary N) is 1. The highest BCUT2D eigenvalue weighted by Gasteiger charge is 2.26. The first kappa shape index (κ1) is 17.8. The zero-order chi connectivity index (χ0) is 19.8. The van der Waals surface area contributed by atoms with Crippen LogP contribution in [-0.2, 0) is 17.9 Å². The highest BCUT2D eigenvalue weighted by Crippen LogP contribution is 2.36. The van der Waals surface area contributed by atoms with Gasteiger partial charge in [-0.2, -0.15) is 5.10 Å². The minimum absolute atomic E-state index is 0.0972. The van der Waals surface area contributed by atoms with E-state index in [0.29, 0.717) is 18.8 Å². The molecule has 29 heavy (non-hydrogen) atoms. The highest BCUT2D eigenvalue weighted by molar-refractivity contribution is 5.92. The first-order chi connectivity index (χ1) is 14.2. The summed E-state index contributed by atoms with van der Waals surface area (Å²) in [6.45, 7) is 3.14. The van der Waals surface area contributed by atoms with Gasteiger partial charge in [-0.15, -0.1) is 0 Å². The Labute approximate surface area is 168 Å². The Morgan fingerprint density at radius 3 is 2.83 bits per heavy atom. The zero-order valence-corrected chi connectivity index (χ0v) is 16.0. The molecule has 0 bridgehead atoms. The molecule has 2 aliphatic rings. The number of benzene rings is 2. The van der Waals surface area contributed by atoms with Crippen LogP contribution in [-0.4, -0.2) is 22.5 Å². The van der Waals surface area contributed by atoms with Gasteiger partial charge in [0.05, 0.1) is 24.9 Å². The first-order valence-electron chi connectivity index (χ1n) is 9.61. The maximum atomic E-state index is 12.7. The molecule has 3 heterocycles. The van der Waals surface area contributed by atoms with Crippen LogP contribution in [0.2, 0.25) is 0 Å². The fourth-order valence-corrected chi connectivity index (χ4v) is 3.65. The summed E-state index contributed by atoms with van der Waals surface area (Å²) in [5, 5.41) is 7.52. The molecule has 0 spiro atoms. The van der Waals surface area contributed by atoms with E-state index >= 15 is 0 Å². The van der Waals surface area contributed by atoms with E-state index in [2.05, 4.69) is 10.4 Å². The van der Waals surface area contributed by atoms with Crippen LogP contribution in [0, 0.1) is 0 Å². The van der Waals surface area contributed by atoms with Gasteiger partial charge in [0.15, 0.2) is 17.2 Å². The van der Waals surface area contributed by atoms with Crippen LogP contribution in [0.3, 0.4) is 0 Å². The number of carbonyl (C=O) groups is 1. The molecule has 7 heteroatoms. The lowest BCUT2D eigenvalue weighted by atomic mass is 10.1. The molecule has 1 amide bonds. The Morgan fingerprint density at radius 1 is 1.14 bits per heavy atom. The van der Waals surface area contributed by atoms with E-state index in [0.717, 1.165) is 28.3 Å². The summed E-state index contributed by atoms with van der Waals surface area (Å²) in [4.78, 5) is 12.7. The average molecular weight is 391 g/mol. The Balaban J connectivity index is 1.30. The molecule has 0 aliphatic carbocycles. The van der Waals surface area contributed by atoms with E-state index in [1.54, 1.807) is 6.07 Å². The van der Waals surface area contributed by atoms with Crippen molar-refractivity contribution in [3.63, 3.8) is 0 Å². The predicted molar refractivity (Wildman–Crippen MR) is 105 cm³/mol. The van der Waals surface area contributed by atoms with E-state index in [-0.39, 0.29) is 24.8 Å². The number of hydrogen-bond acceptors (Lipinski definition) is 5. The first-order valence-corrected chi connectivity index (χ1v) is 9.61. The molecule has 148 valence electrons. The Bertz CT molecular complexity index is 1050. The van der Waals surface area contributed by atoms with E-state index in [1.807, 2.05) is 60.1 Å². The number of carbonyl (C=O) groups excluding carboxylic acids is 1. The third kappa shape index (κ3) is 3.45. The van der Waals surface area contributed by atoms with Crippen molar-refractivity contribution >= 4 is 5.91 Å². The molecule has 0 radical (unpaired) electrons. The van der Waals surface area contributed by atoms with Gasteiger partial charge in [0.2, 0.25) is 6.79 Å². The smallest absolute Gasteiger partial charge is 0.272 e. The minimum atomic E-state index is -0.192. The lowest BCUT2D eigenvalue weighted by Gasteiger charge is -2.24. The van der Waals surface area contributed by atoms with Crippen LogP contribution in [0.5, 0.6) is 11.5 Å². The summed E-state index contributed by atoms with van der Waals surface area (Å²) >= 11 is 0. The summed E-state index contributed by atoms with van der Waals surface area (Å²) in [6, 6.07) is 17.4. The van der Waals surface area contributed by atoms with Gasteiger partial charge in [-0.3, -0.25) is 9.48 Å². The zero-order valence-electron chi connectivity index (χ0n) is 16.0. The van der Waals surface area contributed by atoms with Gasteiger partial charge in [0.25, 0.3) is 5.91 Å².